The van der Waals surface area contributed by atoms with Gasteiger partial charge in [-0.25, -0.2) is 0 Å². The first-order chi connectivity index (χ1) is 7.74. The molecule has 0 fully saturated rings. The number of hydrogen-bond acceptors (Lipinski definition) is 3. The maximum absolute atomic E-state index is 6.15. The molecule has 0 spiro atoms. The monoisotopic (exact) mass is 280 g/mol. The number of pyridine rings is 1. The molecule has 0 amide bonds. The Morgan fingerprint density at radius 2 is 2.31 bits per heavy atom. The van der Waals surface area contributed by atoms with Gasteiger partial charge >= 0.3 is 0 Å². The Bertz CT molecular complexity index is 481. The zero-order valence-corrected chi connectivity index (χ0v) is 10.6. The van der Waals surface area contributed by atoms with Crippen LogP contribution in [0, 0.1) is 0 Å². The molecule has 2 heterocycles. The van der Waals surface area contributed by atoms with Crippen LogP contribution in [0.2, 0.25) is 0 Å². The minimum atomic E-state index is -0.319. The fourth-order valence-electron chi connectivity index (χ4n) is 1.68. The number of nitrogens with two attached hydrogens (primary N) is 1. The normalized spacial score (nSPS) is 12.7. The number of aromatic nitrogens is 1. The van der Waals surface area contributed by atoms with Crippen LogP contribution in [0.4, 0.5) is 0 Å². The van der Waals surface area contributed by atoms with Gasteiger partial charge in [-0.15, -0.1) is 0 Å². The molecule has 3 nitrogen and oxygen atoms in total. The lowest BCUT2D eigenvalue weighted by atomic mass is 10.0. The Labute approximate surface area is 103 Å². The van der Waals surface area contributed by atoms with Gasteiger partial charge in [0.2, 0.25) is 0 Å². The zero-order valence-electron chi connectivity index (χ0n) is 8.98. The molecule has 0 aliphatic rings. The SMILES string of the molecule is CCc1cccnc1C(N)c1occc1Br. The van der Waals surface area contributed by atoms with E-state index in [1.54, 1.807) is 12.5 Å². The smallest absolute Gasteiger partial charge is 0.140 e. The zero-order chi connectivity index (χ0) is 11.5. The van der Waals surface area contributed by atoms with E-state index in [4.69, 9.17) is 10.2 Å². The molecule has 2 N–H and O–H groups in total. The molecule has 0 bridgehead atoms. The van der Waals surface area contributed by atoms with E-state index in [0.29, 0.717) is 5.76 Å². The van der Waals surface area contributed by atoms with Gasteiger partial charge in [-0.05, 0) is 40.0 Å². The van der Waals surface area contributed by atoms with E-state index in [1.165, 1.54) is 0 Å². The highest BCUT2D eigenvalue weighted by atomic mass is 79.9. The summed E-state index contributed by atoms with van der Waals surface area (Å²) in [6.45, 7) is 2.09. The molecular weight excluding hydrogens is 268 g/mol. The highest BCUT2D eigenvalue weighted by molar-refractivity contribution is 9.10. The van der Waals surface area contributed by atoms with Crippen LogP contribution in [-0.2, 0) is 6.42 Å². The van der Waals surface area contributed by atoms with Crippen molar-refractivity contribution >= 4 is 15.9 Å². The van der Waals surface area contributed by atoms with Crippen molar-refractivity contribution in [3.63, 3.8) is 0 Å². The number of aryl methyl sites for hydroxylation is 1. The van der Waals surface area contributed by atoms with Crippen molar-refractivity contribution in [3.05, 3.63) is 52.1 Å². The van der Waals surface area contributed by atoms with Gasteiger partial charge in [-0.2, -0.15) is 0 Å². The van der Waals surface area contributed by atoms with Crippen LogP contribution in [-0.4, -0.2) is 4.98 Å². The number of furan rings is 1. The molecule has 4 heteroatoms. The van der Waals surface area contributed by atoms with Crippen molar-refractivity contribution < 1.29 is 4.42 Å². The maximum atomic E-state index is 6.15. The van der Waals surface area contributed by atoms with E-state index in [2.05, 4.69) is 27.8 Å². The fraction of sp³-hybridized carbons (Fsp3) is 0.250. The standard InChI is InChI=1S/C12H13BrN2O/c1-2-8-4-3-6-15-11(8)10(14)12-9(13)5-7-16-12/h3-7,10H,2,14H2,1H3. The molecular formula is C12H13BrN2O. The number of nitrogens with zero attached hydrogens (tertiary/aromatic N) is 1. The third kappa shape index (κ3) is 2.03. The molecule has 0 aliphatic heterocycles. The molecule has 1 atom stereocenters. The van der Waals surface area contributed by atoms with Crippen molar-refractivity contribution in [2.24, 2.45) is 5.73 Å². The molecule has 1 unspecified atom stereocenters. The Kier molecular flexibility index (Phi) is 3.41. The largest absolute Gasteiger partial charge is 0.466 e. The molecule has 2 aromatic heterocycles. The summed E-state index contributed by atoms with van der Waals surface area (Å²) in [7, 11) is 0. The van der Waals surface area contributed by atoms with Gasteiger partial charge in [0, 0.05) is 6.20 Å². The van der Waals surface area contributed by atoms with Gasteiger partial charge in [-0.3, -0.25) is 4.98 Å². The van der Waals surface area contributed by atoms with Gasteiger partial charge in [-0.1, -0.05) is 13.0 Å². The Balaban J connectivity index is 2.41. The predicted octanol–water partition coefficient (Wildman–Crippen LogP) is 3.05. The van der Waals surface area contributed by atoms with Crippen molar-refractivity contribution in [1.82, 2.24) is 4.98 Å². The summed E-state index contributed by atoms with van der Waals surface area (Å²) >= 11 is 3.41. The van der Waals surface area contributed by atoms with Crippen molar-refractivity contribution in [1.29, 1.82) is 0 Å². The third-order valence-corrected chi connectivity index (χ3v) is 3.18. The quantitative estimate of drug-likeness (QED) is 0.940. The number of halogens is 1. The summed E-state index contributed by atoms with van der Waals surface area (Å²) in [5.74, 6) is 0.716. The van der Waals surface area contributed by atoms with Crippen molar-refractivity contribution in [2.75, 3.05) is 0 Å². The molecule has 16 heavy (non-hydrogen) atoms. The summed E-state index contributed by atoms with van der Waals surface area (Å²) in [6.07, 6.45) is 4.29. The second-order valence-electron chi connectivity index (χ2n) is 3.51. The summed E-state index contributed by atoms with van der Waals surface area (Å²) in [4.78, 5) is 4.34. The highest BCUT2D eigenvalue weighted by Gasteiger charge is 2.19. The summed E-state index contributed by atoms with van der Waals surface area (Å²) in [5.41, 5.74) is 8.18. The Morgan fingerprint density at radius 3 is 2.94 bits per heavy atom. The molecule has 84 valence electrons. The van der Waals surface area contributed by atoms with Gasteiger partial charge < -0.3 is 10.2 Å². The van der Waals surface area contributed by atoms with E-state index < -0.39 is 0 Å². The maximum Gasteiger partial charge on any atom is 0.140 e. The summed E-state index contributed by atoms with van der Waals surface area (Å²) < 4.78 is 6.25. The van der Waals surface area contributed by atoms with E-state index >= 15 is 0 Å². The first-order valence-corrected chi connectivity index (χ1v) is 5.95. The van der Waals surface area contributed by atoms with Crippen LogP contribution in [0.3, 0.4) is 0 Å². The predicted molar refractivity (Wildman–Crippen MR) is 66.1 cm³/mol. The summed E-state index contributed by atoms with van der Waals surface area (Å²) in [5, 5.41) is 0. The Hall–Kier alpha value is -1.13. The number of hydrogen-bond donors (Lipinski definition) is 1. The molecule has 0 aromatic carbocycles. The Morgan fingerprint density at radius 1 is 1.50 bits per heavy atom. The molecule has 0 saturated heterocycles. The molecule has 0 saturated carbocycles. The fourth-order valence-corrected chi connectivity index (χ4v) is 2.13. The van der Waals surface area contributed by atoms with Crippen LogP contribution in [0.25, 0.3) is 0 Å². The van der Waals surface area contributed by atoms with Crippen LogP contribution >= 0.6 is 15.9 Å². The molecule has 0 radical (unpaired) electrons. The molecule has 2 aromatic rings. The highest BCUT2D eigenvalue weighted by Crippen LogP contribution is 2.28. The van der Waals surface area contributed by atoms with Crippen LogP contribution in [0.1, 0.15) is 30.0 Å². The lowest BCUT2D eigenvalue weighted by molar-refractivity contribution is 0.483. The van der Waals surface area contributed by atoms with Gasteiger partial charge in [0.1, 0.15) is 11.8 Å². The van der Waals surface area contributed by atoms with Gasteiger partial charge in [0.05, 0.1) is 16.4 Å². The van der Waals surface area contributed by atoms with Crippen molar-refractivity contribution in [2.45, 2.75) is 19.4 Å². The minimum absolute atomic E-state index is 0.319. The van der Waals surface area contributed by atoms with E-state index in [0.717, 1.165) is 22.2 Å². The summed E-state index contributed by atoms with van der Waals surface area (Å²) in [6, 6.07) is 5.48. The average Bonchev–Trinajstić information content (AvgIpc) is 2.74. The van der Waals surface area contributed by atoms with E-state index in [1.807, 2.05) is 18.2 Å². The first kappa shape index (κ1) is 11.4. The molecule has 2 rings (SSSR count). The lowest BCUT2D eigenvalue weighted by Gasteiger charge is -2.12. The lowest BCUT2D eigenvalue weighted by Crippen LogP contribution is -2.15. The van der Waals surface area contributed by atoms with E-state index in [-0.39, 0.29) is 6.04 Å². The van der Waals surface area contributed by atoms with Crippen LogP contribution in [0.5, 0.6) is 0 Å². The average molecular weight is 281 g/mol. The topological polar surface area (TPSA) is 52.0 Å². The van der Waals surface area contributed by atoms with Gasteiger partial charge in [0.25, 0.3) is 0 Å². The second kappa shape index (κ2) is 4.80. The van der Waals surface area contributed by atoms with E-state index in [9.17, 15) is 0 Å². The second-order valence-corrected chi connectivity index (χ2v) is 4.37. The van der Waals surface area contributed by atoms with Crippen LogP contribution < -0.4 is 5.73 Å². The number of rotatable bonds is 3. The van der Waals surface area contributed by atoms with Gasteiger partial charge in [0.15, 0.2) is 0 Å². The first-order valence-electron chi connectivity index (χ1n) is 5.16. The molecule has 0 aliphatic carbocycles. The third-order valence-electron chi connectivity index (χ3n) is 2.53. The minimum Gasteiger partial charge on any atom is -0.466 e. The van der Waals surface area contributed by atoms with Crippen molar-refractivity contribution in [3.8, 4) is 0 Å². The van der Waals surface area contributed by atoms with Crippen LogP contribution in [0.15, 0.2) is 39.5 Å².